The van der Waals surface area contributed by atoms with Gasteiger partial charge in [-0.3, -0.25) is 14.4 Å². The van der Waals surface area contributed by atoms with Crippen LogP contribution in [0.15, 0.2) is 72.9 Å². The average Bonchev–Trinajstić information content (AvgIpc) is 3.35. The lowest BCUT2D eigenvalue weighted by molar-refractivity contribution is -0.167. The van der Waals surface area contributed by atoms with E-state index < -0.39 is 6.10 Å². The standard InChI is InChI=1S/C63H110O6/c1-4-7-10-13-15-17-19-21-23-25-27-29-30-31-32-34-35-37-39-41-43-45-47-50-53-56-62(65)68-59-60(58-67-61(64)55-52-49-12-9-6-3)69-63(66)57-54-51-48-46-44-42-40-38-36-33-28-26-24-22-20-18-16-14-11-8-5-2/h8,11,16,18-19,21-22,24-25,27-28,33,60H,4-7,9-10,12-15,17,20,23,26,29-32,34-59H2,1-3H3/b11-8-,18-16-,21-19-,24-22-,27-25-,33-28-. The molecule has 0 bridgehead atoms. The Morgan fingerprint density at radius 3 is 0.884 bits per heavy atom. The number of hydrogen-bond donors (Lipinski definition) is 0. The van der Waals surface area contributed by atoms with Gasteiger partial charge < -0.3 is 14.2 Å². The van der Waals surface area contributed by atoms with E-state index in [0.29, 0.717) is 19.3 Å². The van der Waals surface area contributed by atoms with Crippen LogP contribution in [0.5, 0.6) is 0 Å². The van der Waals surface area contributed by atoms with Crippen LogP contribution < -0.4 is 0 Å². The SMILES string of the molecule is CC/C=C\C/C=C\C/C=C\C/C=C\CCCCCCCCCCC(=O)OC(COC(=O)CCCCCCC)COC(=O)CCCCCCCCCCCCCCC/C=C\C/C=C\CCCCCCC. The summed E-state index contributed by atoms with van der Waals surface area (Å²) in [5.41, 5.74) is 0. The van der Waals surface area contributed by atoms with Crippen LogP contribution in [-0.2, 0) is 28.6 Å². The van der Waals surface area contributed by atoms with Crippen LogP contribution in [0.1, 0.15) is 290 Å². The minimum Gasteiger partial charge on any atom is -0.462 e. The molecule has 0 aliphatic heterocycles. The van der Waals surface area contributed by atoms with Crippen LogP contribution in [0.2, 0.25) is 0 Å². The summed E-state index contributed by atoms with van der Waals surface area (Å²) in [5, 5.41) is 0. The quantitative estimate of drug-likeness (QED) is 0.0262. The molecule has 0 N–H and O–H groups in total. The van der Waals surface area contributed by atoms with Crippen LogP contribution in [0, 0.1) is 0 Å². The maximum atomic E-state index is 12.8. The molecule has 0 spiro atoms. The minimum atomic E-state index is -0.776. The molecular formula is C63H110O6. The summed E-state index contributed by atoms with van der Waals surface area (Å²) in [7, 11) is 0. The van der Waals surface area contributed by atoms with Crippen molar-refractivity contribution in [3.05, 3.63) is 72.9 Å². The van der Waals surface area contributed by atoms with E-state index in [1.54, 1.807) is 0 Å². The van der Waals surface area contributed by atoms with Gasteiger partial charge in [0.1, 0.15) is 13.2 Å². The van der Waals surface area contributed by atoms with E-state index in [9.17, 15) is 14.4 Å². The first-order chi connectivity index (χ1) is 34.0. The zero-order chi connectivity index (χ0) is 50.0. The van der Waals surface area contributed by atoms with Gasteiger partial charge in [-0.2, -0.15) is 0 Å². The Kier molecular flexibility index (Phi) is 54.8. The molecule has 0 aliphatic carbocycles. The highest BCUT2D eigenvalue weighted by Crippen LogP contribution is 2.16. The van der Waals surface area contributed by atoms with Crippen LogP contribution in [0.3, 0.4) is 0 Å². The Morgan fingerprint density at radius 1 is 0.304 bits per heavy atom. The van der Waals surface area contributed by atoms with Crippen molar-refractivity contribution in [3.63, 3.8) is 0 Å². The van der Waals surface area contributed by atoms with E-state index in [1.807, 2.05) is 0 Å². The van der Waals surface area contributed by atoms with Gasteiger partial charge in [-0.1, -0.05) is 254 Å². The van der Waals surface area contributed by atoms with Gasteiger partial charge in [0.25, 0.3) is 0 Å². The minimum absolute atomic E-state index is 0.0780. The zero-order valence-corrected chi connectivity index (χ0v) is 45.6. The summed E-state index contributed by atoms with van der Waals surface area (Å²) >= 11 is 0. The van der Waals surface area contributed by atoms with Crippen molar-refractivity contribution in [2.24, 2.45) is 0 Å². The van der Waals surface area contributed by atoms with E-state index in [2.05, 4.69) is 93.7 Å². The smallest absolute Gasteiger partial charge is 0.306 e. The lowest BCUT2D eigenvalue weighted by Crippen LogP contribution is -2.30. The van der Waals surface area contributed by atoms with Gasteiger partial charge in [0, 0.05) is 19.3 Å². The maximum Gasteiger partial charge on any atom is 0.306 e. The topological polar surface area (TPSA) is 78.9 Å². The highest BCUT2D eigenvalue weighted by molar-refractivity contribution is 5.71. The molecule has 0 aromatic heterocycles. The first-order valence-corrected chi connectivity index (χ1v) is 29.4. The van der Waals surface area contributed by atoms with Crippen molar-refractivity contribution in [1.82, 2.24) is 0 Å². The summed E-state index contributed by atoms with van der Waals surface area (Å²) in [6, 6.07) is 0. The Hall–Kier alpha value is -3.15. The fraction of sp³-hybridized carbons (Fsp3) is 0.762. The third-order valence-electron chi connectivity index (χ3n) is 12.7. The molecule has 6 nitrogen and oxygen atoms in total. The fourth-order valence-corrected chi connectivity index (χ4v) is 8.29. The predicted octanol–water partition coefficient (Wildman–Crippen LogP) is 19.8. The van der Waals surface area contributed by atoms with Gasteiger partial charge in [0.15, 0.2) is 6.10 Å². The number of ether oxygens (including phenoxy) is 3. The third kappa shape index (κ3) is 55.6. The van der Waals surface area contributed by atoms with Crippen molar-refractivity contribution in [2.45, 2.75) is 297 Å². The molecule has 0 aromatic carbocycles. The lowest BCUT2D eigenvalue weighted by atomic mass is 10.0. The van der Waals surface area contributed by atoms with Crippen molar-refractivity contribution >= 4 is 17.9 Å². The van der Waals surface area contributed by atoms with Gasteiger partial charge in [-0.15, -0.1) is 0 Å². The molecule has 398 valence electrons. The van der Waals surface area contributed by atoms with E-state index in [4.69, 9.17) is 14.2 Å². The van der Waals surface area contributed by atoms with Crippen molar-refractivity contribution in [3.8, 4) is 0 Å². The number of allylic oxidation sites excluding steroid dienone is 12. The lowest BCUT2D eigenvalue weighted by Gasteiger charge is -2.18. The average molecular weight is 964 g/mol. The first kappa shape index (κ1) is 65.8. The van der Waals surface area contributed by atoms with Crippen molar-refractivity contribution < 1.29 is 28.6 Å². The number of hydrogen-bond acceptors (Lipinski definition) is 6. The number of carbonyl (C=O) groups is 3. The number of unbranched alkanes of at least 4 members (excludes halogenated alkanes) is 30. The molecule has 0 saturated carbocycles. The molecular weight excluding hydrogens is 853 g/mol. The van der Waals surface area contributed by atoms with E-state index in [0.717, 1.165) is 103 Å². The molecule has 0 heterocycles. The molecule has 69 heavy (non-hydrogen) atoms. The molecule has 0 fully saturated rings. The number of carbonyl (C=O) groups excluding carboxylic acids is 3. The summed E-state index contributed by atoms with van der Waals surface area (Å²) in [5.74, 6) is -0.893. The normalized spacial score (nSPS) is 12.6. The van der Waals surface area contributed by atoms with Crippen molar-refractivity contribution in [2.75, 3.05) is 13.2 Å². The van der Waals surface area contributed by atoms with Crippen LogP contribution in [-0.4, -0.2) is 37.2 Å². The van der Waals surface area contributed by atoms with Gasteiger partial charge in [-0.05, 0) is 89.9 Å². The Morgan fingerprint density at radius 2 is 0.565 bits per heavy atom. The van der Waals surface area contributed by atoms with Gasteiger partial charge in [-0.25, -0.2) is 0 Å². The molecule has 6 heteroatoms. The predicted molar refractivity (Wildman–Crippen MR) is 298 cm³/mol. The summed E-state index contributed by atoms with van der Waals surface area (Å²) in [6.07, 6.45) is 73.7. The van der Waals surface area contributed by atoms with Crippen LogP contribution >= 0.6 is 0 Å². The highest BCUT2D eigenvalue weighted by Gasteiger charge is 2.19. The summed E-state index contributed by atoms with van der Waals surface area (Å²) in [6.45, 7) is 6.45. The largest absolute Gasteiger partial charge is 0.462 e. The maximum absolute atomic E-state index is 12.8. The fourth-order valence-electron chi connectivity index (χ4n) is 8.29. The molecule has 1 unspecified atom stereocenters. The molecule has 0 aliphatic rings. The second-order valence-corrected chi connectivity index (χ2v) is 19.5. The summed E-state index contributed by atoms with van der Waals surface area (Å²) < 4.78 is 16.7. The number of esters is 3. The molecule has 0 aromatic rings. The molecule has 0 radical (unpaired) electrons. The molecule has 0 amide bonds. The second-order valence-electron chi connectivity index (χ2n) is 19.5. The zero-order valence-electron chi connectivity index (χ0n) is 45.6. The van der Waals surface area contributed by atoms with Gasteiger partial charge in [0.2, 0.25) is 0 Å². The Labute approximate surface area is 427 Å². The van der Waals surface area contributed by atoms with Gasteiger partial charge in [0.05, 0.1) is 0 Å². The van der Waals surface area contributed by atoms with Crippen LogP contribution in [0.25, 0.3) is 0 Å². The first-order valence-electron chi connectivity index (χ1n) is 29.4. The molecule has 0 rings (SSSR count). The third-order valence-corrected chi connectivity index (χ3v) is 12.7. The van der Waals surface area contributed by atoms with E-state index in [-0.39, 0.29) is 31.1 Å². The van der Waals surface area contributed by atoms with Crippen LogP contribution in [0.4, 0.5) is 0 Å². The number of rotatable bonds is 53. The Bertz CT molecular complexity index is 1290. The highest BCUT2D eigenvalue weighted by atomic mass is 16.6. The van der Waals surface area contributed by atoms with Gasteiger partial charge >= 0.3 is 17.9 Å². The molecule has 0 saturated heterocycles. The van der Waals surface area contributed by atoms with Crippen molar-refractivity contribution in [1.29, 1.82) is 0 Å². The second kappa shape index (κ2) is 57.4. The van der Waals surface area contributed by atoms with E-state index >= 15 is 0 Å². The van der Waals surface area contributed by atoms with E-state index in [1.165, 1.54) is 148 Å². The molecule has 1 atom stereocenters. The summed E-state index contributed by atoms with van der Waals surface area (Å²) in [4.78, 5) is 37.8. The monoisotopic (exact) mass is 963 g/mol. The Balaban J connectivity index is 4.08.